The molecule has 0 aromatic heterocycles. The van der Waals surface area contributed by atoms with Gasteiger partial charge < -0.3 is 61.7 Å². The molecule has 0 bridgehead atoms. The van der Waals surface area contributed by atoms with Gasteiger partial charge in [0.1, 0.15) is 37.4 Å². The van der Waals surface area contributed by atoms with Crippen LogP contribution in [0, 0.1) is 23.7 Å². The molecule has 3 aliphatic carbocycles. The Morgan fingerprint density at radius 2 is 0.815 bits per heavy atom. The second kappa shape index (κ2) is 33.4. The Morgan fingerprint density at radius 3 is 1.10 bits per heavy atom. The first-order valence-electron chi connectivity index (χ1n) is 27.8. The van der Waals surface area contributed by atoms with Gasteiger partial charge in [0.25, 0.3) is 23.6 Å². The quantitative estimate of drug-likeness (QED) is 0.0438. The number of nitrogens with zero attached hydrogens (tertiary/aromatic N) is 4. The van der Waals surface area contributed by atoms with Gasteiger partial charge in [-0.25, -0.2) is 19.2 Å². The van der Waals surface area contributed by atoms with Crippen LogP contribution in [0.15, 0.2) is 0 Å². The molecule has 5 fully saturated rings. The molecular formula is C53H84N10O18. The van der Waals surface area contributed by atoms with Gasteiger partial charge >= 0.3 is 24.1 Å². The highest BCUT2D eigenvalue weighted by Crippen LogP contribution is 2.40. The second-order valence-corrected chi connectivity index (χ2v) is 22.4. The van der Waals surface area contributed by atoms with E-state index in [4.69, 9.17) is 30.6 Å². The lowest BCUT2D eigenvalue weighted by Crippen LogP contribution is -2.46. The van der Waals surface area contributed by atoms with E-state index in [1.54, 1.807) is 41.5 Å². The Morgan fingerprint density at radius 1 is 0.494 bits per heavy atom. The van der Waals surface area contributed by atoms with Crippen molar-refractivity contribution < 1.29 is 86.3 Å². The third kappa shape index (κ3) is 29.0. The minimum Gasteiger partial charge on any atom is -0.444 e. The van der Waals surface area contributed by atoms with E-state index in [9.17, 15) is 67.1 Å². The largest absolute Gasteiger partial charge is 0.444 e. The lowest BCUT2D eigenvalue weighted by atomic mass is 9.96. The Labute approximate surface area is 471 Å². The van der Waals surface area contributed by atoms with E-state index in [-0.39, 0.29) is 98.5 Å². The summed E-state index contributed by atoms with van der Waals surface area (Å²) in [6.07, 6.45) is 10.3. The summed E-state index contributed by atoms with van der Waals surface area (Å²) in [5, 5.41) is 10.9. The fourth-order valence-corrected chi connectivity index (χ4v) is 7.95. The monoisotopic (exact) mass is 1150 g/mol. The zero-order valence-electron chi connectivity index (χ0n) is 47.7. The highest BCUT2D eigenvalue weighted by atomic mass is 16.7. The first-order valence-corrected chi connectivity index (χ1v) is 27.8. The van der Waals surface area contributed by atoms with E-state index >= 15 is 0 Å². The molecule has 0 spiro atoms. The molecule has 2 saturated heterocycles. The number of nitrogens with one attached hydrogen (secondary N) is 4. The minimum atomic E-state index is -1.21. The molecule has 28 heteroatoms. The maximum absolute atomic E-state index is 12.9. The van der Waals surface area contributed by atoms with Crippen molar-refractivity contribution in [1.82, 2.24) is 41.2 Å². The zero-order valence-corrected chi connectivity index (χ0v) is 47.7. The molecule has 0 radical (unpaired) electrons. The van der Waals surface area contributed by atoms with E-state index in [1.165, 1.54) is 19.3 Å². The lowest BCUT2D eigenvalue weighted by molar-refractivity contribution is -0.201. The number of unbranched alkanes of at least 4 members (excludes halogenated alkanes) is 2. The number of primary amides is 2. The molecular weight excluding hydrogens is 1060 g/mol. The molecule has 8 N–H and O–H groups in total. The molecule has 28 nitrogen and oxygen atoms in total. The number of nitrogens with two attached hydrogens (primary N) is 2. The van der Waals surface area contributed by atoms with Gasteiger partial charge in [0.2, 0.25) is 35.4 Å². The summed E-state index contributed by atoms with van der Waals surface area (Å²) >= 11 is 0. The summed E-state index contributed by atoms with van der Waals surface area (Å²) < 4.78 is 10.2. The molecule has 454 valence electrons. The minimum absolute atomic E-state index is 0.0163. The van der Waals surface area contributed by atoms with Crippen molar-refractivity contribution in [3.63, 3.8) is 0 Å². The summed E-state index contributed by atoms with van der Waals surface area (Å²) in [5.41, 5.74) is 9.53. The highest BCUT2D eigenvalue weighted by Gasteiger charge is 2.38. The Bertz CT molecular complexity index is 2130. The Hall–Kier alpha value is -7.42. The van der Waals surface area contributed by atoms with Gasteiger partial charge in [-0.15, -0.1) is 10.1 Å². The number of imide groups is 2. The van der Waals surface area contributed by atoms with Crippen LogP contribution in [0.25, 0.3) is 0 Å². The van der Waals surface area contributed by atoms with Crippen molar-refractivity contribution in [2.75, 3.05) is 52.4 Å². The number of carbonyl (C=O) groups is 14. The lowest BCUT2D eigenvalue weighted by Gasteiger charge is -2.23. The van der Waals surface area contributed by atoms with Crippen LogP contribution in [-0.4, -0.2) is 167 Å². The summed E-state index contributed by atoms with van der Waals surface area (Å²) in [6.45, 7) is 8.23. The summed E-state index contributed by atoms with van der Waals surface area (Å²) in [4.78, 5) is 180. The maximum atomic E-state index is 12.9. The molecule has 2 unspecified atom stereocenters. The van der Waals surface area contributed by atoms with Crippen molar-refractivity contribution in [2.24, 2.45) is 35.1 Å². The summed E-state index contributed by atoms with van der Waals surface area (Å²) in [7, 11) is 0. The third-order valence-electron chi connectivity index (χ3n) is 12.4. The number of hydrogen-bond donors (Lipinski definition) is 6. The fourth-order valence-electron chi connectivity index (χ4n) is 7.95. The Kier molecular flexibility index (Phi) is 27.9. The molecule has 0 aromatic rings. The topological polar surface area (TPSA) is 389 Å². The van der Waals surface area contributed by atoms with E-state index in [2.05, 4.69) is 21.3 Å². The Balaban J connectivity index is 0.000000411. The van der Waals surface area contributed by atoms with Crippen molar-refractivity contribution >= 4 is 83.2 Å². The van der Waals surface area contributed by atoms with Gasteiger partial charge in [-0.3, -0.25) is 47.9 Å². The number of hydrogen-bond acceptors (Lipinski definition) is 18. The summed E-state index contributed by atoms with van der Waals surface area (Å²) in [5.74, 6) is -7.48. The first kappa shape index (κ1) is 67.9. The van der Waals surface area contributed by atoms with E-state index in [0.29, 0.717) is 55.5 Å². The van der Waals surface area contributed by atoms with Crippen LogP contribution in [0.1, 0.15) is 164 Å². The van der Waals surface area contributed by atoms with Gasteiger partial charge in [-0.1, -0.05) is 32.1 Å². The SMILES string of the molecule is C1CC1.CC(C)(C)OC(=O)NCCC(=O)N(CC(=O)NCCCCC(C(N)=O)C1CC1)CC(=O)NCCCCC(C(N)=O)C1CC1.CC(C)(C)OC(=O)NCCC(=O)N(CC(=O)ON1C(=O)CCC1=O)CC(=O)ON1C(=O)CCC1=O. The van der Waals surface area contributed by atoms with E-state index in [1.807, 2.05) is 0 Å². The number of rotatable bonds is 30. The smallest absolute Gasteiger partial charge is 0.407 e. The van der Waals surface area contributed by atoms with Gasteiger partial charge in [0.15, 0.2) is 0 Å². The average molecular weight is 1150 g/mol. The van der Waals surface area contributed by atoms with Crippen LogP contribution in [0.4, 0.5) is 9.59 Å². The number of hydroxylamine groups is 4. The molecule has 2 heterocycles. The van der Waals surface area contributed by atoms with Crippen LogP contribution in [-0.2, 0) is 76.7 Å². The molecule has 3 saturated carbocycles. The predicted octanol–water partition coefficient (Wildman–Crippen LogP) is 1.44. The van der Waals surface area contributed by atoms with Gasteiger partial charge in [0.05, 0.1) is 0 Å². The van der Waals surface area contributed by atoms with Crippen LogP contribution < -0.4 is 32.7 Å². The van der Waals surface area contributed by atoms with Gasteiger partial charge in [-0.2, -0.15) is 0 Å². The number of carbonyl (C=O) groups excluding carboxylic acids is 14. The molecule has 0 aromatic carbocycles. The van der Waals surface area contributed by atoms with Crippen molar-refractivity contribution in [2.45, 2.75) is 175 Å². The van der Waals surface area contributed by atoms with Crippen LogP contribution in [0.2, 0.25) is 0 Å². The maximum Gasteiger partial charge on any atom is 0.407 e. The predicted molar refractivity (Wildman–Crippen MR) is 284 cm³/mol. The van der Waals surface area contributed by atoms with Crippen molar-refractivity contribution in [3.05, 3.63) is 0 Å². The number of alkyl carbamates (subject to hydrolysis) is 2. The van der Waals surface area contributed by atoms with Gasteiger partial charge in [-0.05, 0) is 105 Å². The molecule has 12 amide bonds. The molecule has 5 aliphatic rings. The standard InChI is InChI=1S/C30H52N6O7.C20H26N4O11.C3H6/c1-30(2,3)43-29(42)35-17-14-26(39)36(18-24(37)33-15-6-4-8-22(27(31)40)20-10-11-20)19-25(38)34-16-7-5-9-23(28(32)41)21-12-13-21;1-20(2,3)33-19(32)21-9-8-12(25)22(10-17(30)34-23-13(26)4-5-14(23)27)11-18(31)35-24-15(28)6-7-16(24)29;1-2-3-1/h20-23H,4-19H2,1-3H3,(H2,31,40)(H2,32,41)(H,33,37)(H,34,38)(H,35,42);4-11H2,1-3H3,(H,21,32);1-3H2. The zero-order chi connectivity index (χ0) is 60.5. The normalized spacial score (nSPS) is 16.2. The van der Waals surface area contributed by atoms with Crippen LogP contribution in [0.3, 0.4) is 0 Å². The number of ether oxygens (including phenoxy) is 2. The van der Waals surface area contributed by atoms with Crippen LogP contribution >= 0.6 is 0 Å². The van der Waals surface area contributed by atoms with E-state index < -0.39 is 95.7 Å². The fraction of sp³-hybridized carbons (Fsp3) is 0.736. The highest BCUT2D eigenvalue weighted by molar-refractivity contribution is 6.02. The summed E-state index contributed by atoms with van der Waals surface area (Å²) in [6, 6.07) is 0. The van der Waals surface area contributed by atoms with E-state index in [0.717, 1.165) is 43.4 Å². The first-order chi connectivity index (χ1) is 38.0. The molecule has 2 aliphatic heterocycles. The van der Waals surface area contributed by atoms with Crippen molar-refractivity contribution in [3.8, 4) is 0 Å². The second-order valence-electron chi connectivity index (χ2n) is 22.4. The molecule has 81 heavy (non-hydrogen) atoms. The van der Waals surface area contributed by atoms with Gasteiger partial charge in [0, 0.05) is 76.5 Å². The molecule has 2 atom stereocenters. The average Bonchev–Trinajstić information content (AvgIpc) is 4.21. The third-order valence-corrected chi connectivity index (χ3v) is 12.4. The van der Waals surface area contributed by atoms with Crippen LogP contribution in [0.5, 0.6) is 0 Å². The molecule has 5 rings (SSSR count). The number of amides is 12. The van der Waals surface area contributed by atoms with Crippen molar-refractivity contribution in [1.29, 1.82) is 0 Å².